The van der Waals surface area contributed by atoms with E-state index >= 15 is 0 Å². The molecule has 0 heterocycles. The van der Waals surface area contributed by atoms with Crippen molar-refractivity contribution in [3.05, 3.63) is 0 Å². The van der Waals surface area contributed by atoms with Crippen LogP contribution < -0.4 is 5.73 Å². The second kappa shape index (κ2) is 4.33. The van der Waals surface area contributed by atoms with Crippen molar-refractivity contribution >= 4 is 17.7 Å². The first-order valence-electron chi connectivity index (χ1n) is 4.31. The van der Waals surface area contributed by atoms with Gasteiger partial charge in [0, 0.05) is 4.75 Å². The molecule has 13 heavy (non-hydrogen) atoms. The van der Waals surface area contributed by atoms with Gasteiger partial charge < -0.3 is 10.8 Å². The number of hydrogen-bond donors (Lipinski definition) is 2. The lowest BCUT2D eigenvalue weighted by atomic mass is 10.0. The highest BCUT2D eigenvalue weighted by molar-refractivity contribution is 8.00. The molecule has 0 bridgehead atoms. The fourth-order valence-electron chi connectivity index (χ4n) is 0.676. The lowest BCUT2D eigenvalue weighted by Crippen LogP contribution is -2.45. The molecule has 0 rings (SSSR count). The fraction of sp³-hybridized carbons (Fsp3) is 0.889. The summed E-state index contributed by atoms with van der Waals surface area (Å²) in [5, 5.41) is 8.74. The highest BCUT2D eigenvalue weighted by Crippen LogP contribution is 2.25. The molecular formula is C9H19NO2S. The summed E-state index contributed by atoms with van der Waals surface area (Å²) in [4.78, 5) is 10.6. The first-order valence-corrected chi connectivity index (χ1v) is 5.30. The standard InChI is InChI=1S/C9H19NO2S/c1-8(2,3)13-6-5-9(4,10)7(11)12/h5-6,10H2,1-4H3,(H,11,12). The van der Waals surface area contributed by atoms with Crippen molar-refractivity contribution in [3.8, 4) is 0 Å². The highest BCUT2D eigenvalue weighted by Gasteiger charge is 2.27. The van der Waals surface area contributed by atoms with Crippen LogP contribution in [-0.4, -0.2) is 27.1 Å². The van der Waals surface area contributed by atoms with E-state index in [1.165, 1.54) is 0 Å². The van der Waals surface area contributed by atoms with E-state index in [9.17, 15) is 4.79 Å². The molecule has 4 heteroatoms. The van der Waals surface area contributed by atoms with E-state index < -0.39 is 11.5 Å². The molecule has 78 valence electrons. The Bertz CT molecular complexity index is 185. The molecule has 3 N–H and O–H groups in total. The van der Waals surface area contributed by atoms with E-state index in [4.69, 9.17) is 10.8 Å². The Labute approximate surface area is 84.1 Å². The monoisotopic (exact) mass is 205 g/mol. The quantitative estimate of drug-likeness (QED) is 0.733. The van der Waals surface area contributed by atoms with Crippen LogP contribution >= 0.6 is 11.8 Å². The van der Waals surface area contributed by atoms with Gasteiger partial charge in [-0.15, -0.1) is 0 Å². The van der Waals surface area contributed by atoms with Crippen molar-refractivity contribution in [1.29, 1.82) is 0 Å². The minimum absolute atomic E-state index is 0.175. The summed E-state index contributed by atoms with van der Waals surface area (Å²) in [6.07, 6.45) is 0.504. The molecular weight excluding hydrogens is 186 g/mol. The molecule has 0 radical (unpaired) electrons. The zero-order valence-electron chi connectivity index (χ0n) is 8.76. The van der Waals surface area contributed by atoms with Gasteiger partial charge in [-0.1, -0.05) is 20.8 Å². The van der Waals surface area contributed by atoms with Crippen molar-refractivity contribution in [1.82, 2.24) is 0 Å². The van der Waals surface area contributed by atoms with Crippen LogP contribution in [0.2, 0.25) is 0 Å². The average molecular weight is 205 g/mol. The Morgan fingerprint density at radius 2 is 1.85 bits per heavy atom. The van der Waals surface area contributed by atoms with E-state index in [1.807, 2.05) is 0 Å². The van der Waals surface area contributed by atoms with Gasteiger partial charge in [-0.05, 0) is 19.1 Å². The summed E-state index contributed by atoms with van der Waals surface area (Å²) >= 11 is 1.73. The van der Waals surface area contributed by atoms with Crippen molar-refractivity contribution in [2.75, 3.05) is 5.75 Å². The molecule has 0 spiro atoms. The first-order chi connectivity index (χ1) is 5.65. The molecule has 0 aromatic heterocycles. The van der Waals surface area contributed by atoms with Crippen LogP contribution in [0.25, 0.3) is 0 Å². The molecule has 0 aromatic carbocycles. The third kappa shape index (κ3) is 5.93. The summed E-state index contributed by atoms with van der Waals surface area (Å²) in [5.41, 5.74) is 4.49. The van der Waals surface area contributed by atoms with Crippen LogP contribution in [0.4, 0.5) is 0 Å². The van der Waals surface area contributed by atoms with Crippen molar-refractivity contribution in [2.24, 2.45) is 5.73 Å². The van der Waals surface area contributed by atoms with Gasteiger partial charge in [0.25, 0.3) is 0 Å². The second-order valence-electron chi connectivity index (χ2n) is 4.43. The smallest absolute Gasteiger partial charge is 0.323 e. The van der Waals surface area contributed by atoms with Crippen molar-refractivity contribution in [3.63, 3.8) is 0 Å². The predicted molar refractivity (Wildman–Crippen MR) is 57.1 cm³/mol. The number of thioether (sulfide) groups is 1. The third-order valence-corrected chi connectivity index (χ3v) is 2.92. The summed E-state index contributed by atoms with van der Waals surface area (Å²) < 4.78 is 0.175. The van der Waals surface area contributed by atoms with Crippen LogP contribution in [0.3, 0.4) is 0 Å². The van der Waals surface area contributed by atoms with Crippen molar-refractivity contribution in [2.45, 2.75) is 44.4 Å². The minimum Gasteiger partial charge on any atom is -0.480 e. The van der Waals surface area contributed by atoms with Crippen LogP contribution in [-0.2, 0) is 4.79 Å². The van der Waals surface area contributed by atoms with E-state index in [0.29, 0.717) is 6.42 Å². The summed E-state index contributed by atoms with van der Waals surface area (Å²) in [6.45, 7) is 7.86. The molecule has 0 aliphatic carbocycles. The zero-order valence-corrected chi connectivity index (χ0v) is 9.57. The molecule has 3 nitrogen and oxygen atoms in total. The first kappa shape index (κ1) is 12.8. The lowest BCUT2D eigenvalue weighted by Gasteiger charge is -2.22. The summed E-state index contributed by atoms with van der Waals surface area (Å²) in [7, 11) is 0. The van der Waals surface area contributed by atoms with Gasteiger partial charge in [0.05, 0.1) is 0 Å². The van der Waals surface area contributed by atoms with Crippen LogP contribution in [0.5, 0.6) is 0 Å². The maximum absolute atomic E-state index is 10.6. The minimum atomic E-state index is -1.09. The Balaban J connectivity index is 3.84. The number of nitrogens with two attached hydrogens (primary N) is 1. The molecule has 1 atom stereocenters. The van der Waals surface area contributed by atoms with Gasteiger partial charge in [0.2, 0.25) is 0 Å². The topological polar surface area (TPSA) is 63.3 Å². The van der Waals surface area contributed by atoms with Crippen LogP contribution in [0.15, 0.2) is 0 Å². The molecule has 0 aliphatic rings. The zero-order chi connectivity index (χ0) is 10.7. The summed E-state index contributed by atoms with van der Waals surface area (Å²) in [6, 6.07) is 0. The van der Waals surface area contributed by atoms with Gasteiger partial charge in [-0.3, -0.25) is 4.79 Å². The third-order valence-electron chi connectivity index (χ3n) is 1.65. The molecule has 0 saturated carbocycles. The Morgan fingerprint density at radius 3 is 2.15 bits per heavy atom. The maximum atomic E-state index is 10.6. The van der Waals surface area contributed by atoms with Gasteiger partial charge in [0.1, 0.15) is 5.54 Å². The molecule has 0 aromatic rings. The number of carbonyl (C=O) groups is 1. The largest absolute Gasteiger partial charge is 0.480 e. The number of carboxylic acids is 1. The van der Waals surface area contributed by atoms with Gasteiger partial charge >= 0.3 is 5.97 Å². The number of aliphatic carboxylic acids is 1. The van der Waals surface area contributed by atoms with E-state index in [1.54, 1.807) is 18.7 Å². The Hall–Kier alpha value is -0.220. The van der Waals surface area contributed by atoms with Crippen LogP contribution in [0, 0.1) is 0 Å². The molecule has 0 aliphatic heterocycles. The second-order valence-corrected chi connectivity index (χ2v) is 6.36. The Morgan fingerprint density at radius 1 is 1.38 bits per heavy atom. The normalized spacial score (nSPS) is 16.7. The SMILES string of the molecule is CC(C)(C)SCCC(C)(N)C(=O)O. The highest BCUT2D eigenvalue weighted by atomic mass is 32.2. The number of rotatable bonds is 4. The van der Waals surface area contributed by atoms with Crippen LogP contribution in [0.1, 0.15) is 34.1 Å². The molecule has 0 amide bonds. The Kier molecular flexibility index (Phi) is 4.26. The maximum Gasteiger partial charge on any atom is 0.323 e. The number of hydrogen-bond acceptors (Lipinski definition) is 3. The molecule has 1 unspecified atom stereocenters. The van der Waals surface area contributed by atoms with E-state index in [-0.39, 0.29) is 4.75 Å². The van der Waals surface area contributed by atoms with Gasteiger partial charge in [-0.25, -0.2) is 0 Å². The fourth-order valence-corrected chi connectivity index (χ4v) is 1.81. The van der Waals surface area contributed by atoms with E-state index in [0.717, 1.165) is 5.75 Å². The number of carboxylic acid groups (broad SMARTS) is 1. The molecule has 0 fully saturated rings. The predicted octanol–water partition coefficient (Wildman–Crippen LogP) is 1.71. The summed E-state index contributed by atoms with van der Waals surface area (Å²) in [5.74, 6) is -0.148. The van der Waals surface area contributed by atoms with Gasteiger partial charge in [0.15, 0.2) is 0 Å². The van der Waals surface area contributed by atoms with Crippen molar-refractivity contribution < 1.29 is 9.90 Å². The molecule has 0 saturated heterocycles. The van der Waals surface area contributed by atoms with E-state index in [2.05, 4.69) is 20.8 Å². The average Bonchev–Trinajstić information content (AvgIpc) is 1.82. The lowest BCUT2D eigenvalue weighted by molar-refractivity contribution is -0.142. The van der Waals surface area contributed by atoms with Gasteiger partial charge in [-0.2, -0.15) is 11.8 Å².